The highest BCUT2D eigenvalue weighted by atomic mass is 32.2. The second-order valence-electron chi connectivity index (χ2n) is 5.81. The van der Waals surface area contributed by atoms with Gasteiger partial charge >= 0.3 is 0 Å². The molecule has 2 aliphatic heterocycles. The zero-order valence-corrected chi connectivity index (χ0v) is 13.9. The Kier molecular flexibility index (Phi) is 4.10. The minimum absolute atomic E-state index is 0.374. The normalized spacial score (nSPS) is 20.4. The molecule has 0 saturated carbocycles. The molecular formula is C15H22N4O2S. The van der Waals surface area contributed by atoms with Gasteiger partial charge in [-0.15, -0.1) is 0 Å². The molecule has 2 heterocycles. The number of piperazine rings is 1. The van der Waals surface area contributed by atoms with Gasteiger partial charge in [-0.1, -0.05) is 18.2 Å². The first-order valence-corrected chi connectivity index (χ1v) is 9.00. The Balaban J connectivity index is 1.88. The molecule has 0 aliphatic carbocycles. The van der Waals surface area contributed by atoms with E-state index in [1.54, 1.807) is 12.1 Å². The number of hydrogen-bond donors (Lipinski definition) is 0. The van der Waals surface area contributed by atoms with Crippen LogP contribution in [-0.2, 0) is 10.0 Å². The molecular weight excluding hydrogens is 300 g/mol. The van der Waals surface area contributed by atoms with Crippen LogP contribution in [0, 0.1) is 6.92 Å². The highest BCUT2D eigenvalue weighted by Crippen LogP contribution is 2.23. The average molecular weight is 322 g/mol. The van der Waals surface area contributed by atoms with Crippen molar-refractivity contribution in [3.05, 3.63) is 29.8 Å². The summed E-state index contributed by atoms with van der Waals surface area (Å²) in [7, 11) is -1.46. The van der Waals surface area contributed by atoms with Crippen LogP contribution in [0.15, 0.2) is 34.2 Å². The lowest BCUT2D eigenvalue weighted by atomic mass is 10.2. The second kappa shape index (κ2) is 5.89. The molecule has 0 atom stereocenters. The Morgan fingerprint density at radius 1 is 1.05 bits per heavy atom. The van der Waals surface area contributed by atoms with E-state index >= 15 is 0 Å². The summed E-state index contributed by atoms with van der Waals surface area (Å²) < 4.78 is 27.4. The van der Waals surface area contributed by atoms with Gasteiger partial charge in [0.2, 0.25) is 5.96 Å². The van der Waals surface area contributed by atoms with Crippen LogP contribution in [0.3, 0.4) is 0 Å². The lowest BCUT2D eigenvalue weighted by Gasteiger charge is -2.36. The predicted octanol–water partition coefficient (Wildman–Crippen LogP) is 0.603. The van der Waals surface area contributed by atoms with Gasteiger partial charge in [0.15, 0.2) is 0 Å². The molecule has 0 unspecified atom stereocenters. The summed E-state index contributed by atoms with van der Waals surface area (Å²) in [4.78, 5) is 9.16. The fraction of sp³-hybridized carbons (Fsp3) is 0.533. The molecule has 22 heavy (non-hydrogen) atoms. The first-order valence-electron chi connectivity index (χ1n) is 7.56. The molecule has 0 aromatic heterocycles. The SMILES string of the molecule is Cc1ccccc1S(=O)(=O)N1CCN=C1N1CCN(C)CC1. The highest BCUT2D eigenvalue weighted by Gasteiger charge is 2.35. The standard InChI is InChI=1S/C15H22N4O2S/c1-13-5-3-4-6-14(13)22(20,21)19-8-7-16-15(19)18-11-9-17(2)10-12-18/h3-6H,7-12H2,1-2H3. The number of aliphatic imine (C=N–C) groups is 1. The Morgan fingerprint density at radius 3 is 2.41 bits per heavy atom. The van der Waals surface area contributed by atoms with Crippen molar-refractivity contribution in [1.29, 1.82) is 0 Å². The Labute approximate surface area is 132 Å². The van der Waals surface area contributed by atoms with Crippen LogP contribution < -0.4 is 0 Å². The molecule has 2 aliphatic rings. The van der Waals surface area contributed by atoms with Crippen molar-refractivity contribution in [3.63, 3.8) is 0 Å². The molecule has 0 N–H and O–H groups in total. The maximum absolute atomic E-state index is 13.0. The third kappa shape index (κ3) is 2.70. The second-order valence-corrected chi connectivity index (χ2v) is 7.65. The summed E-state index contributed by atoms with van der Waals surface area (Å²) in [6.07, 6.45) is 0. The third-order valence-electron chi connectivity index (χ3n) is 4.23. The van der Waals surface area contributed by atoms with Crippen molar-refractivity contribution < 1.29 is 8.42 Å². The Hall–Kier alpha value is -1.60. The van der Waals surface area contributed by atoms with Crippen molar-refractivity contribution in [1.82, 2.24) is 14.1 Å². The predicted molar refractivity (Wildman–Crippen MR) is 86.4 cm³/mol. The zero-order chi connectivity index (χ0) is 15.7. The van der Waals surface area contributed by atoms with Gasteiger partial charge in [-0.25, -0.2) is 12.7 Å². The largest absolute Gasteiger partial charge is 0.339 e. The molecule has 0 radical (unpaired) electrons. The first-order chi connectivity index (χ1) is 10.5. The van der Waals surface area contributed by atoms with Crippen LogP contribution in [0.4, 0.5) is 0 Å². The number of sulfonamides is 1. The van der Waals surface area contributed by atoms with Gasteiger partial charge in [0, 0.05) is 26.2 Å². The van der Waals surface area contributed by atoms with Crippen molar-refractivity contribution in [2.24, 2.45) is 4.99 Å². The number of guanidine groups is 1. The number of hydrogen-bond acceptors (Lipinski definition) is 5. The summed E-state index contributed by atoms with van der Waals surface area (Å²) in [5.74, 6) is 0.608. The number of rotatable bonds is 2. The van der Waals surface area contributed by atoms with Gasteiger partial charge in [-0.2, -0.15) is 0 Å². The van der Waals surface area contributed by atoms with Crippen molar-refractivity contribution in [2.45, 2.75) is 11.8 Å². The number of likely N-dealkylation sites (N-methyl/N-ethyl adjacent to an activating group) is 1. The molecule has 0 bridgehead atoms. The van der Waals surface area contributed by atoms with E-state index in [4.69, 9.17) is 0 Å². The lowest BCUT2D eigenvalue weighted by Crippen LogP contribution is -2.52. The van der Waals surface area contributed by atoms with Gasteiger partial charge in [-0.05, 0) is 25.6 Å². The molecule has 120 valence electrons. The molecule has 1 saturated heterocycles. The average Bonchev–Trinajstić information content (AvgIpc) is 2.98. The molecule has 0 spiro atoms. The van der Waals surface area contributed by atoms with Crippen LogP contribution in [0.5, 0.6) is 0 Å². The summed E-state index contributed by atoms with van der Waals surface area (Å²) >= 11 is 0. The minimum Gasteiger partial charge on any atom is -0.339 e. The van der Waals surface area contributed by atoms with Crippen molar-refractivity contribution in [2.75, 3.05) is 46.3 Å². The van der Waals surface area contributed by atoms with E-state index in [0.29, 0.717) is 23.9 Å². The van der Waals surface area contributed by atoms with E-state index < -0.39 is 10.0 Å². The van der Waals surface area contributed by atoms with Crippen molar-refractivity contribution in [3.8, 4) is 0 Å². The monoisotopic (exact) mass is 322 g/mol. The van der Waals surface area contributed by atoms with E-state index in [0.717, 1.165) is 31.7 Å². The number of aryl methyl sites for hydroxylation is 1. The quantitative estimate of drug-likeness (QED) is 0.800. The van der Waals surface area contributed by atoms with Gasteiger partial charge in [-0.3, -0.25) is 4.99 Å². The van der Waals surface area contributed by atoms with Gasteiger partial charge in [0.1, 0.15) is 0 Å². The highest BCUT2D eigenvalue weighted by molar-refractivity contribution is 7.89. The topological polar surface area (TPSA) is 56.2 Å². The van der Waals surface area contributed by atoms with E-state index in [9.17, 15) is 8.42 Å². The van der Waals surface area contributed by atoms with Crippen LogP contribution in [-0.4, -0.2) is 74.8 Å². The Morgan fingerprint density at radius 2 is 1.73 bits per heavy atom. The van der Waals surface area contributed by atoms with Crippen molar-refractivity contribution >= 4 is 16.0 Å². The minimum atomic E-state index is -3.53. The molecule has 1 fully saturated rings. The zero-order valence-electron chi connectivity index (χ0n) is 13.1. The van der Waals surface area contributed by atoms with E-state index in [2.05, 4.69) is 21.8 Å². The van der Waals surface area contributed by atoms with Gasteiger partial charge < -0.3 is 9.80 Å². The van der Waals surface area contributed by atoms with E-state index in [1.807, 2.05) is 19.1 Å². The molecule has 1 aromatic carbocycles. The summed E-state index contributed by atoms with van der Waals surface area (Å²) in [6, 6.07) is 7.12. The van der Waals surface area contributed by atoms with Crippen LogP contribution >= 0.6 is 0 Å². The Bertz CT molecular complexity index is 679. The van der Waals surface area contributed by atoms with Gasteiger partial charge in [0.25, 0.3) is 10.0 Å². The summed E-state index contributed by atoms with van der Waals surface area (Å²) in [5.41, 5.74) is 0.770. The maximum Gasteiger partial charge on any atom is 0.266 e. The smallest absolute Gasteiger partial charge is 0.266 e. The van der Waals surface area contributed by atoms with Gasteiger partial charge in [0.05, 0.1) is 18.0 Å². The van der Waals surface area contributed by atoms with Crippen LogP contribution in [0.25, 0.3) is 0 Å². The summed E-state index contributed by atoms with van der Waals surface area (Å²) in [5, 5.41) is 0. The number of benzene rings is 1. The molecule has 1 aromatic rings. The summed E-state index contributed by atoms with van der Waals surface area (Å²) in [6.45, 7) is 6.28. The van der Waals surface area contributed by atoms with E-state index in [1.165, 1.54) is 4.31 Å². The molecule has 0 amide bonds. The third-order valence-corrected chi connectivity index (χ3v) is 6.17. The fourth-order valence-corrected chi connectivity index (χ4v) is 4.55. The molecule has 7 heteroatoms. The number of nitrogens with zero attached hydrogens (tertiary/aromatic N) is 4. The van der Waals surface area contributed by atoms with Crippen LogP contribution in [0.2, 0.25) is 0 Å². The van der Waals surface area contributed by atoms with E-state index in [-0.39, 0.29) is 0 Å². The molecule has 3 rings (SSSR count). The molecule has 6 nitrogen and oxygen atoms in total. The maximum atomic E-state index is 13.0. The fourth-order valence-electron chi connectivity index (χ4n) is 2.88. The van der Waals surface area contributed by atoms with Crippen LogP contribution in [0.1, 0.15) is 5.56 Å². The first kappa shape index (κ1) is 15.3. The lowest BCUT2D eigenvalue weighted by molar-refractivity contribution is 0.208.